The van der Waals surface area contributed by atoms with Crippen LogP contribution in [0.3, 0.4) is 0 Å². The molecule has 5 heteroatoms. The molecule has 2 rings (SSSR count). The van der Waals surface area contributed by atoms with Crippen LogP contribution in [0.4, 0.5) is 0 Å². The number of amides is 1. The van der Waals surface area contributed by atoms with Crippen LogP contribution in [0.2, 0.25) is 0 Å². The van der Waals surface area contributed by atoms with Crippen molar-refractivity contribution in [3.8, 4) is 5.75 Å². The van der Waals surface area contributed by atoms with Crippen LogP contribution >= 0.6 is 0 Å². The number of benzene rings is 1. The zero-order chi connectivity index (χ0) is 15.2. The quantitative estimate of drug-likeness (QED) is 0.872. The average molecular weight is 290 g/mol. The van der Waals surface area contributed by atoms with Gasteiger partial charge in [0.25, 0.3) is 0 Å². The Morgan fingerprint density at radius 2 is 1.90 bits per heavy atom. The minimum absolute atomic E-state index is 0.213. The Bertz CT molecular complexity index is 515. The highest BCUT2D eigenvalue weighted by Crippen LogP contribution is 2.30. The lowest BCUT2D eigenvalue weighted by atomic mass is 9.78. The molecule has 0 unspecified atom stereocenters. The second kappa shape index (κ2) is 7.11. The van der Waals surface area contributed by atoms with Crippen molar-refractivity contribution in [3.05, 3.63) is 29.8 Å². The van der Waals surface area contributed by atoms with Gasteiger partial charge >= 0.3 is 0 Å². The Morgan fingerprint density at radius 1 is 1.24 bits per heavy atom. The SMILES string of the molecule is COc1ccccc1CNC(=O)[C@@H]1CCCC[C@@H]1C(=O)[O-]. The lowest BCUT2D eigenvalue weighted by Gasteiger charge is -2.31. The first kappa shape index (κ1) is 15.4. The molecule has 1 aliphatic carbocycles. The van der Waals surface area contributed by atoms with Gasteiger partial charge in [0.1, 0.15) is 5.75 Å². The van der Waals surface area contributed by atoms with E-state index in [0.29, 0.717) is 25.1 Å². The summed E-state index contributed by atoms with van der Waals surface area (Å²) in [6.45, 7) is 0.332. The zero-order valence-corrected chi connectivity index (χ0v) is 12.1. The summed E-state index contributed by atoms with van der Waals surface area (Å²) in [4.78, 5) is 23.4. The maximum atomic E-state index is 12.2. The number of hydrogen-bond acceptors (Lipinski definition) is 4. The van der Waals surface area contributed by atoms with Gasteiger partial charge < -0.3 is 20.0 Å². The zero-order valence-electron chi connectivity index (χ0n) is 12.1. The summed E-state index contributed by atoms with van der Waals surface area (Å²) < 4.78 is 5.23. The van der Waals surface area contributed by atoms with Crippen molar-refractivity contribution < 1.29 is 19.4 Å². The van der Waals surface area contributed by atoms with Gasteiger partial charge in [-0.05, 0) is 18.9 Å². The van der Waals surface area contributed by atoms with E-state index in [1.807, 2.05) is 24.3 Å². The molecule has 0 saturated heterocycles. The van der Waals surface area contributed by atoms with Crippen LogP contribution in [0.25, 0.3) is 0 Å². The van der Waals surface area contributed by atoms with Crippen LogP contribution in [-0.2, 0) is 16.1 Å². The Balaban J connectivity index is 1.99. The summed E-state index contributed by atoms with van der Waals surface area (Å²) in [7, 11) is 1.58. The molecule has 0 bridgehead atoms. The molecule has 1 saturated carbocycles. The third-order valence-electron chi connectivity index (χ3n) is 4.05. The van der Waals surface area contributed by atoms with E-state index in [9.17, 15) is 14.7 Å². The van der Waals surface area contributed by atoms with Crippen molar-refractivity contribution in [2.45, 2.75) is 32.2 Å². The molecule has 0 aromatic heterocycles. The van der Waals surface area contributed by atoms with Crippen LogP contribution in [0.5, 0.6) is 5.75 Å². The molecule has 0 aliphatic heterocycles. The maximum Gasteiger partial charge on any atom is 0.224 e. The fourth-order valence-corrected chi connectivity index (χ4v) is 2.89. The van der Waals surface area contributed by atoms with E-state index in [1.54, 1.807) is 7.11 Å². The molecule has 21 heavy (non-hydrogen) atoms. The van der Waals surface area contributed by atoms with Crippen molar-refractivity contribution in [3.63, 3.8) is 0 Å². The first-order valence-corrected chi connectivity index (χ1v) is 7.24. The number of ether oxygens (including phenoxy) is 1. The number of carbonyl (C=O) groups excluding carboxylic acids is 2. The minimum atomic E-state index is -1.12. The maximum absolute atomic E-state index is 12.2. The number of carbonyl (C=O) groups is 2. The summed E-state index contributed by atoms with van der Waals surface area (Å²) in [5, 5.41) is 14.0. The van der Waals surface area contributed by atoms with Crippen LogP contribution in [0.15, 0.2) is 24.3 Å². The number of carboxylic acid groups (broad SMARTS) is 1. The highest BCUT2D eigenvalue weighted by molar-refractivity contribution is 5.84. The van der Waals surface area contributed by atoms with E-state index in [2.05, 4.69) is 5.32 Å². The van der Waals surface area contributed by atoms with Gasteiger partial charge in [-0.1, -0.05) is 31.0 Å². The predicted octanol–water partition coefficient (Wildman–Crippen LogP) is 0.868. The van der Waals surface area contributed by atoms with Gasteiger partial charge in [0.2, 0.25) is 5.91 Å². The van der Waals surface area contributed by atoms with Gasteiger partial charge in [0.15, 0.2) is 0 Å². The Kier molecular flexibility index (Phi) is 5.20. The Labute approximate surface area is 124 Å². The van der Waals surface area contributed by atoms with E-state index in [1.165, 1.54) is 0 Å². The standard InChI is InChI=1S/C16H21NO4/c1-21-14-9-5-2-6-11(14)10-17-15(18)12-7-3-4-8-13(12)16(19)20/h2,5-6,9,12-13H,3-4,7-8,10H2,1H3,(H,17,18)(H,19,20)/p-1/t12-,13+/m1/s1. The molecule has 114 valence electrons. The molecule has 0 heterocycles. The van der Waals surface area contributed by atoms with E-state index in [0.717, 1.165) is 18.4 Å². The third kappa shape index (κ3) is 3.74. The van der Waals surface area contributed by atoms with Gasteiger partial charge in [-0.2, -0.15) is 0 Å². The second-order valence-corrected chi connectivity index (χ2v) is 5.35. The Morgan fingerprint density at radius 3 is 2.57 bits per heavy atom. The number of para-hydroxylation sites is 1. The number of nitrogens with one attached hydrogen (secondary N) is 1. The van der Waals surface area contributed by atoms with Crippen LogP contribution < -0.4 is 15.2 Å². The molecule has 5 nitrogen and oxygen atoms in total. The molecule has 0 radical (unpaired) electrons. The first-order chi connectivity index (χ1) is 10.1. The normalized spacial score (nSPS) is 21.6. The third-order valence-corrected chi connectivity index (χ3v) is 4.05. The number of rotatable bonds is 5. The largest absolute Gasteiger partial charge is 0.550 e. The van der Waals surface area contributed by atoms with Crippen LogP contribution in [0.1, 0.15) is 31.2 Å². The lowest BCUT2D eigenvalue weighted by Crippen LogP contribution is -2.44. The summed E-state index contributed by atoms with van der Waals surface area (Å²) in [5.74, 6) is -1.78. The molecule has 1 aliphatic rings. The summed E-state index contributed by atoms with van der Waals surface area (Å²) in [5.41, 5.74) is 0.870. The average Bonchev–Trinajstić information content (AvgIpc) is 2.52. The van der Waals surface area contributed by atoms with Gasteiger partial charge in [-0.3, -0.25) is 4.79 Å². The number of carboxylic acids is 1. The number of aliphatic carboxylic acids is 1. The van der Waals surface area contributed by atoms with E-state index < -0.39 is 17.8 Å². The summed E-state index contributed by atoms with van der Waals surface area (Å²) >= 11 is 0. The van der Waals surface area contributed by atoms with E-state index in [-0.39, 0.29) is 5.91 Å². The number of methoxy groups -OCH3 is 1. The van der Waals surface area contributed by atoms with Crippen LogP contribution in [-0.4, -0.2) is 19.0 Å². The van der Waals surface area contributed by atoms with Crippen molar-refractivity contribution >= 4 is 11.9 Å². The van der Waals surface area contributed by atoms with Gasteiger partial charge in [0, 0.05) is 29.9 Å². The smallest absolute Gasteiger partial charge is 0.224 e. The fourth-order valence-electron chi connectivity index (χ4n) is 2.89. The fraction of sp³-hybridized carbons (Fsp3) is 0.500. The van der Waals surface area contributed by atoms with Crippen molar-refractivity contribution in [1.82, 2.24) is 5.32 Å². The van der Waals surface area contributed by atoms with Gasteiger partial charge in [-0.25, -0.2) is 0 Å². The molecule has 0 spiro atoms. The molecule has 1 aromatic carbocycles. The Hall–Kier alpha value is -2.04. The second-order valence-electron chi connectivity index (χ2n) is 5.35. The van der Waals surface area contributed by atoms with Crippen molar-refractivity contribution in [1.29, 1.82) is 0 Å². The van der Waals surface area contributed by atoms with E-state index >= 15 is 0 Å². The molecule has 1 amide bonds. The van der Waals surface area contributed by atoms with E-state index in [4.69, 9.17) is 4.74 Å². The topological polar surface area (TPSA) is 78.5 Å². The van der Waals surface area contributed by atoms with Crippen molar-refractivity contribution in [2.75, 3.05) is 7.11 Å². The molecular formula is C16H20NO4-. The first-order valence-electron chi connectivity index (χ1n) is 7.24. The highest BCUT2D eigenvalue weighted by atomic mass is 16.5. The monoisotopic (exact) mass is 290 g/mol. The lowest BCUT2D eigenvalue weighted by molar-refractivity contribution is -0.314. The summed E-state index contributed by atoms with van der Waals surface area (Å²) in [6, 6.07) is 7.42. The van der Waals surface area contributed by atoms with Gasteiger partial charge in [0.05, 0.1) is 7.11 Å². The highest BCUT2D eigenvalue weighted by Gasteiger charge is 2.31. The molecular weight excluding hydrogens is 270 g/mol. The minimum Gasteiger partial charge on any atom is -0.550 e. The van der Waals surface area contributed by atoms with Gasteiger partial charge in [-0.15, -0.1) is 0 Å². The molecule has 1 aromatic rings. The van der Waals surface area contributed by atoms with Crippen molar-refractivity contribution in [2.24, 2.45) is 11.8 Å². The molecule has 1 fully saturated rings. The molecule has 2 atom stereocenters. The summed E-state index contributed by atoms with van der Waals surface area (Å²) in [6.07, 6.45) is 2.86. The molecule has 1 N–H and O–H groups in total. The van der Waals surface area contributed by atoms with Crippen LogP contribution in [0, 0.1) is 11.8 Å². The number of hydrogen-bond donors (Lipinski definition) is 1. The predicted molar refractivity (Wildman–Crippen MR) is 75.3 cm³/mol.